The lowest BCUT2D eigenvalue weighted by molar-refractivity contribution is 0.000492. The van der Waals surface area contributed by atoms with E-state index in [9.17, 15) is 4.21 Å². The van der Waals surface area contributed by atoms with E-state index >= 15 is 0 Å². The van der Waals surface area contributed by atoms with Gasteiger partial charge in [0.15, 0.2) is 5.84 Å². The molecule has 1 heterocycles. The number of hydrogen-bond acceptors (Lipinski definition) is 4. The third-order valence-electron chi connectivity index (χ3n) is 3.10. The third kappa shape index (κ3) is 2.15. The number of nitrogens with one attached hydrogen (secondary N) is 1. The van der Waals surface area contributed by atoms with E-state index in [2.05, 4.69) is 28.0 Å². The molecule has 0 bridgehead atoms. The highest BCUT2D eigenvalue weighted by molar-refractivity contribution is 7.79. The molecule has 0 saturated heterocycles. The second-order valence-electron chi connectivity index (χ2n) is 5.35. The molecule has 86 valence electrons. The molecule has 0 aromatic carbocycles. The summed E-state index contributed by atoms with van der Waals surface area (Å²) >= 11 is -1.48. The molecule has 0 aromatic rings. The molecule has 0 spiro atoms. The van der Waals surface area contributed by atoms with Crippen LogP contribution in [0.3, 0.4) is 0 Å². The summed E-state index contributed by atoms with van der Waals surface area (Å²) in [6, 6.07) is 0. The number of amidine groups is 1. The van der Waals surface area contributed by atoms with Gasteiger partial charge in [-0.1, -0.05) is 19.0 Å². The zero-order valence-corrected chi connectivity index (χ0v) is 9.89. The number of oxime groups is 1. The number of nitrogens with two attached hydrogens (primary N) is 1. The van der Waals surface area contributed by atoms with Gasteiger partial charge in [-0.15, -0.1) is 0 Å². The number of rotatable bonds is 3. The SMILES string of the molecule is CC1(C)CC(CN)(CC2=NOS(=O)N2)C1. The van der Waals surface area contributed by atoms with Crippen molar-refractivity contribution in [2.45, 2.75) is 33.1 Å². The van der Waals surface area contributed by atoms with E-state index in [4.69, 9.17) is 5.73 Å². The van der Waals surface area contributed by atoms with Crippen LogP contribution in [0, 0.1) is 10.8 Å². The molecule has 3 N–H and O–H groups in total. The average molecular weight is 231 g/mol. The number of hydrogen-bond donors (Lipinski definition) is 2. The fourth-order valence-electron chi connectivity index (χ4n) is 2.96. The molecule has 5 nitrogen and oxygen atoms in total. The Morgan fingerprint density at radius 2 is 2.27 bits per heavy atom. The molecule has 15 heavy (non-hydrogen) atoms. The van der Waals surface area contributed by atoms with Gasteiger partial charge in [0.25, 0.3) is 0 Å². The second-order valence-corrected chi connectivity index (χ2v) is 6.17. The van der Waals surface area contributed by atoms with E-state index in [1.54, 1.807) is 0 Å². The van der Waals surface area contributed by atoms with Gasteiger partial charge in [-0.25, -0.2) is 0 Å². The van der Waals surface area contributed by atoms with Crippen LogP contribution in [-0.2, 0) is 15.6 Å². The lowest BCUT2D eigenvalue weighted by Crippen LogP contribution is -2.50. The lowest BCUT2D eigenvalue weighted by atomic mass is 9.53. The maximum Gasteiger partial charge on any atom is 0.338 e. The molecule has 6 heteroatoms. The Kier molecular flexibility index (Phi) is 2.50. The van der Waals surface area contributed by atoms with Gasteiger partial charge in [0.2, 0.25) is 0 Å². The fraction of sp³-hybridized carbons (Fsp3) is 0.889. The van der Waals surface area contributed by atoms with E-state index in [0.29, 0.717) is 17.8 Å². The van der Waals surface area contributed by atoms with Gasteiger partial charge in [-0.3, -0.25) is 9.01 Å². The highest BCUT2D eigenvalue weighted by atomic mass is 32.2. The monoisotopic (exact) mass is 231 g/mol. The first-order valence-electron chi connectivity index (χ1n) is 5.08. The van der Waals surface area contributed by atoms with Crippen molar-refractivity contribution in [1.29, 1.82) is 0 Å². The fourth-order valence-corrected chi connectivity index (χ4v) is 3.45. The molecule has 0 amide bonds. The molecule has 0 radical (unpaired) electrons. The summed E-state index contributed by atoms with van der Waals surface area (Å²) in [5.41, 5.74) is 6.30. The van der Waals surface area contributed by atoms with Gasteiger partial charge in [-0.05, 0) is 30.2 Å². The van der Waals surface area contributed by atoms with Crippen LogP contribution in [0.15, 0.2) is 5.16 Å². The van der Waals surface area contributed by atoms with Gasteiger partial charge in [-0.2, -0.15) is 4.21 Å². The van der Waals surface area contributed by atoms with Gasteiger partial charge < -0.3 is 5.73 Å². The predicted molar refractivity (Wildman–Crippen MR) is 58.9 cm³/mol. The van der Waals surface area contributed by atoms with E-state index in [1.165, 1.54) is 0 Å². The largest absolute Gasteiger partial charge is 0.338 e. The van der Waals surface area contributed by atoms with Crippen molar-refractivity contribution in [3.05, 3.63) is 0 Å². The van der Waals surface area contributed by atoms with Crippen molar-refractivity contribution in [3.63, 3.8) is 0 Å². The van der Waals surface area contributed by atoms with Crippen molar-refractivity contribution in [2.75, 3.05) is 6.54 Å². The predicted octanol–water partition coefficient (Wildman–Crippen LogP) is 0.654. The smallest absolute Gasteiger partial charge is 0.330 e. The molecule has 1 aliphatic heterocycles. The van der Waals surface area contributed by atoms with Crippen LogP contribution in [0.2, 0.25) is 0 Å². The molecule has 1 atom stereocenters. The first-order chi connectivity index (χ1) is 6.95. The topological polar surface area (TPSA) is 76.7 Å². The minimum Gasteiger partial charge on any atom is -0.330 e. The molecule has 1 fully saturated rings. The van der Waals surface area contributed by atoms with Gasteiger partial charge in [0.1, 0.15) is 0 Å². The summed E-state index contributed by atoms with van der Waals surface area (Å²) in [7, 11) is 0. The lowest BCUT2D eigenvalue weighted by Gasteiger charge is -2.53. The van der Waals surface area contributed by atoms with Gasteiger partial charge in [0.05, 0.1) is 0 Å². The summed E-state index contributed by atoms with van der Waals surface area (Å²) < 4.78 is 18.2. The summed E-state index contributed by atoms with van der Waals surface area (Å²) in [5, 5.41) is 3.73. The van der Waals surface area contributed by atoms with E-state index in [1.807, 2.05) is 0 Å². The molecule has 1 saturated carbocycles. The Balaban J connectivity index is 1.96. The van der Waals surface area contributed by atoms with Crippen LogP contribution in [0.5, 0.6) is 0 Å². The minimum absolute atomic E-state index is 0.118. The van der Waals surface area contributed by atoms with Crippen molar-refractivity contribution in [1.82, 2.24) is 4.72 Å². The summed E-state index contributed by atoms with van der Waals surface area (Å²) in [4.78, 5) is 0. The Morgan fingerprint density at radius 3 is 2.67 bits per heavy atom. The maximum atomic E-state index is 10.9. The Bertz CT molecular complexity index is 319. The van der Waals surface area contributed by atoms with Crippen molar-refractivity contribution < 1.29 is 8.49 Å². The quantitative estimate of drug-likeness (QED) is 0.749. The highest BCUT2D eigenvalue weighted by Crippen LogP contribution is 2.55. The zero-order valence-electron chi connectivity index (χ0n) is 9.08. The third-order valence-corrected chi connectivity index (χ3v) is 3.71. The van der Waals surface area contributed by atoms with E-state index in [-0.39, 0.29) is 5.41 Å². The van der Waals surface area contributed by atoms with Crippen LogP contribution in [-0.4, -0.2) is 16.6 Å². The Hall–Kier alpha value is -0.620. The normalized spacial score (nSPS) is 31.1. The Labute approximate surface area is 92.2 Å². The maximum absolute atomic E-state index is 10.9. The Morgan fingerprint density at radius 1 is 1.60 bits per heavy atom. The minimum atomic E-state index is -1.48. The first-order valence-corrected chi connectivity index (χ1v) is 6.15. The second kappa shape index (κ2) is 3.45. The molecule has 1 aliphatic carbocycles. The molecular weight excluding hydrogens is 214 g/mol. The van der Waals surface area contributed by atoms with Gasteiger partial charge >= 0.3 is 11.3 Å². The standard InChI is InChI=1S/C9H17N3O2S/c1-8(2)4-9(5-8,6-10)3-7-11-14-15(13)12-7/h3-6,10H2,1-2H3,(H,11,12). The van der Waals surface area contributed by atoms with E-state index < -0.39 is 11.3 Å². The summed E-state index contributed by atoms with van der Waals surface area (Å²) in [6.07, 6.45) is 2.91. The average Bonchev–Trinajstić information content (AvgIpc) is 2.47. The molecule has 2 aliphatic rings. The summed E-state index contributed by atoms with van der Waals surface area (Å²) in [6.45, 7) is 5.11. The number of nitrogens with zero attached hydrogens (tertiary/aromatic N) is 1. The van der Waals surface area contributed by atoms with Crippen LogP contribution >= 0.6 is 0 Å². The molecule has 1 unspecified atom stereocenters. The zero-order chi connectivity index (χ0) is 11.1. The van der Waals surface area contributed by atoms with Crippen LogP contribution in [0.25, 0.3) is 0 Å². The molecule has 2 rings (SSSR count). The van der Waals surface area contributed by atoms with Crippen molar-refractivity contribution in [3.8, 4) is 0 Å². The van der Waals surface area contributed by atoms with Crippen molar-refractivity contribution >= 4 is 17.1 Å². The molecular formula is C9H17N3O2S. The first kappa shape index (κ1) is 10.9. The molecule has 0 aromatic heterocycles. The van der Waals surface area contributed by atoms with Crippen LogP contribution in [0.4, 0.5) is 0 Å². The van der Waals surface area contributed by atoms with Crippen LogP contribution in [0.1, 0.15) is 33.1 Å². The highest BCUT2D eigenvalue weighted by Gasteiger charge is 2.49. The summed E-state index contributed by atoms with van der Waals surface area (Å²) in [5.74, 6) is 0.661. The van der Waals surface area contributed by atoms with Crippen LogP contribution < -0.4 is 10.5 Å². The van der Waals surface area contributed by atoms with E-state index in [0.717, 1.165) is 19.3 Å². The van der Waals surface area contributed by atoms with Crippen molar-refractivity contribution in [2.24, 2.45) is 21.7 Å². The van der Waals surface area contributed by atoms with Gasteiger partial charge in [0, 0.05) is 6.42 Å².